The van der Waals surface area contributed by atoms with Crippen molar-refractivity contribution in [2.75, 3.05) is 37.6 Å². The lowest BCUT2D eigenvalue weighted by atomic mass is 10.2. The van der Waals surface area contributed by atoms with Gasteiger partial charge in [0.15, 0.2) is 5.82 Å². The number of terminal acetylenes is 1. The summed E-state index contributed by atoms with van der Waals surface area (Å²) in [5, 5.41) is 9.68. The van der Waals surface area contributed by atoms with Gasteiger partial charge in [0.1, 0.15) is 11.6 Å². The lowest BCUT2D eigenvalue weighted by molar-refractivity contribution is 0.0958. The van der Waals surface area contributed by atoms with Gasteiger partial charge in [0, 0.05) is 32.4 Å². The highest BCUT2D eigenvalue weighted by Gasteiger charge is 2.19. The van der Waals surface area contributed by atoms with Crippen LogP contribution in [0.4, 0.5) is 5.82 Å². The SMILES string of the molecule is C#CCNC(=O)c1ccc(N2CCN(Cc3n[nH]c(C)n3)CC2)nc1. The van der Waals surface area contributed by atoms with E-state index < -0.39 is 0 Å². The highest BCUT2D eigenvalue weighted by Crippen LogP contribution is 2.15. The summed E-state index contributed by atoms with van der Waals surface area (Å²) in [5.41, 5.74) is 0.512. The second kappa shape index (κ2) is 7.77. The normalized spacial score (nSPS) is 15.0. The Morgan fingerprint density at radius 1 is 1.36 bits per heavy atom. The Morgan fingerprint density at radius 2 is 2.16 bits per heavy atom. The molecule has 2 aromatic rings. The van der Waals surface area contributed by atoms with Crippen molar-refractivity contribution in [3.8, 4) is 12.3 Å². The Hall–Kier alpha value is -2.92. The van der Waals surface area contributed by atoms with Crippen molar-refractivity contribution in [3.05, 3.63) is 35.5 Å². The first kappa shape index (κ1) is 16.9. The molecule has 0 aromatic carbocycles. The Morgan fingerprint density at radius 3 is 2.76 bits per heavy atom. The van der Waals surface area contributed by atoms with E-state index in [-0.39, 0.29) is 12.5 Å². The summed E-state index contributed by atoms with van der Waals surface area (Å²) in [6.07, 6.45) is 6.72. The van der Waals surface area contributed by atoms with Gasteiger partial charge < -0.3 is 10.2 Å². The van der Waals surface area contributed by atoms with Crippen LogP contribution in [0, 0.1) is 19.3 Å². The van der Waals surface area contributed by atoms with Crippen molar-refractivity contribution in [2.24, 2.45) is 0 Å². The highest BCUT2D eigenvalue weighted by molar-refractivity contribution is 5.94. The molecule has 0 spiro atoms. The summed E-state index contributed by atoms with van der Waals surface area (Å²) >= 11 is 0. The van der Waals surface area contributed by atoms with Gasteiger partial charge in [0.2, 0.25) is 0 Å². The monoisotopic (exact) mass is 339 g/mol. The topological polar surface area (TPSA) is 90.0 Å². The van der Waals surface area contributed by atoms with E-state index in [0.717, 1.165) is 50.2 Å². The molecule has 1 saturated heterocycles. The Bertz CT molecular complexity index is 754. The molecule has 1 aliphatic rings. The van der Waals surface area contributed by atoms with E-state index in [1.165, 1.54) is 0 Å². The molecule has 0 unspecified atom stereocenters. The fourth-order valence-electron chi connectivity index (χ4n) is 2.74. The van der Waals surface area contributed by atoms with E-state index in [1.807, 2.05) is 13.0 Å². The number of aromatic nitrogens is 4. The van der Waals surface area contributed by atoms with Gasteiger partial charge in [0.25, 0.3) is 5.91 Å². The van der Waals surface area contributed by atoms with E-state index >= 15 is 0 Å². The first-order chi connectivity index (χ1) is 12.2. The van der Waals surface area contributed by atoms with E-state index in [4.69, 9.17) is 6.42 Å². The molecule has 2 aromatic heterocycles. The third-order valence-corrected chi connectivity index (χ3v) is 4.07. The van der Waals surface area contributed by atoms with Gasteiger partial charge in [-0.3, -0.25) is 14.8 Å². The summed E-state index contributed by atoms with van der Waals surface area (Å²) in [4.78, 5) is 25.1. The lowest BCUT2D eigenvalue weighted by Crippen LogP contribution is -2.46. The van der Waals surface area contributed by atoms with Crippen LogP contribution in [0.1, 0.15) is 22.0 Å². The molecule has 2 N–H and O–H groups in total. The van der Waals surface area contributed by atoms with Crippen LogP contribution in [0.5, 0.6) is 0 Å². The predicted molar refractivity (Wildman–Crippen MR) is 94.0 cm³/mol. The molecule has 130 valence electrons. The zero-order valence-electron chi connectivity index (χ0n) is 14.2. The van der Waals surface area contributed by atoms with Gasteiger partial charge in [-0.25, -0.2) is 9.97 Å². The fourth-order valence-corrected chi connectivity index (χ4v) is 2.74. The van der Waals surface area contributed by atoms with Crippen LogP contribution in [0.15, 0.2) is 18.3 Å². The number of amides is 1. The molecule has 1 fully saturated rings. The minimum Gasteiger partial charge on any atom is -0.354 e. The maximum absolute atomic E-state index is 11.8. The number of piperazine rings is 1. The maximum Gasteiger partial charge on any atom is 0.253 e. The molecule has 8 nitrogen and oxygen atoms in total. The molecule has 3 heterocycles. The molecule has 0 bridgehead atoms. The number of anilines is 1. The van der Waals surface area contributed by atoms with E-state index in [1.54, 1.807) is 12.3 Å². The summed E-state index contributed by atoms with van der Waals surface area (Å²) < 4.78 is 0. The molecule has 25 heavy (non-hydrogen) atoms. The summed E-state index contributed by atoms with van der Waals surface area (Å²) in [7, 11) is 0. The van der Waals surface area contributed by atoms with Crippen LogP contribution >= 0.6 is 0 Å². The number of carbonyl (C=O) groups is 1. The number of H-pyrrole nitrogens is 1. The first-order valence-electron chi connectivity index (χ1n) is 8.18. The number of nitrogens with one attached hydrogen (secondary N) is 2. The standard InChI is InChI=1S/C17H21N7O/c1-3-6-18-17(25)14-4-5-16(19-11-14)24-9-7-23(8-10-24)12-15-20-13(2)21-22-15/h1,4-5,11H,6-10,12H2,2H3,(H,18,25)(H,20,21,22). The van der Waals surface area contributed by atoms with Crippen molar-refractivity contribution in [1.29, 1.82) is 0 Å². The zero-order valence-corrected chi connectivity index (χ0v) is 14.2. The largest absolute Gasteiger partial charge is 0.354 e. The summed E-state index contributed by atoms with van der Waals surface area (Å²) in [5.74, 6) is 4.71. The van der Waals surface area contributed by atoms with E-state index in [2.05, 4.69) is 41.2 Å². The van der Waals surface area contributed by atoms with Crippen LogP contribution in [0.25, 0.3) is 0 Å². The molecular weight excluding hydrogens is 318 g/mol. The van der Waals surface area contributed by atoms with Gasteiger partial charge in [-0.2, -0.15) is 5.10 Å². The number of hydrogen-bond acceptors (Lipinski definition) is 6. The number of aryl methyl sites for hydroxylation is 1. The van der Waals surface area contributed by atoms with Crippen LogP contribution in [-0.4, -0.2) is 63.7 Å². The number of pyridine rings is 1. The Kier molecular flexibility index (Phi) is 5.26. The maximum atomic E-state index is 11.8. The van der Waals surface area contributed by atoms with Crippen molar-refractivity contribution in [3.63, 3.8) is 0 Å². The lowest BCUT2D eigenvalue weighted by Gasteiger charge is -2.34. The zero-order chi connectivity index (χ0) is 17.6. The van der Waals surface area contributed by atoms with Gasteiger partial charge in [-0.1, -0.05) is 5.92 Å². The van der Waals surface area contributed by atoms with E-state index in [0.29, 0.717) is 5.56 Å². The van der Waals surface area contributed by atoms with Crippen LogP contribution in [0.3, 0.4) is 0 Å². The number of nitrogens with zero attached hydrogens (tertiary/aromatic N) is 5. The van der Waals surface area contributed by atoms with Gasteiger partial charge in [-0.05, 0) is 19.1 Å². The molecule has 8 heteroatoms. The second-order valence-electron chi connectivity index (χ2n) is 5.89. The third kappa shape index (κ3) is 4.33. The second-order valence-corrected chi connectivity index (χ2v) is 5.89. The van der Waals surface area contributed by atoms with Gasteiger partial charge in [0.05, 0.1) is 18.7 Å². The number of rotatable bonds is 5. The summed E-state index contributed by atoms with van der Waals surface area (Å²) in [6, 6.07) is 3.65. The quantitative estimate of drug-likeness (QED) is 0.756. The summed E-state index contributed by atoms with van der Waals surface area (Å²) in [6.45, 7) is 6.45. The molecule has 0 radical (unpaired) electrons. The molecule has 0 saturated carbocycles. The Balaban J connectivity index is 1.52. The Labute approximate surface area is 146 Å². The van der Waals surface area contributed by atoms with Crippen LogP contribution in [0.2, 0.25) is 0 Å². The predicted octanol–water partition coefficient (Wildman–Crippen LogP) is 0.193. The molecule has 1 aliphatic heterocycles. The molecule has 0 atom stereocenters. The van der Waals surface area contributed by atoms with Crippen molar-refractivity contribution < 1.29 is 4.79 Å². The minimum atomic E-state index is -0.205. The molecule has 1 amide bonds. The average molecular weight is 339 g/mol. The van der Waals surface area contributed by atoms with E-state index in [9.17, 15) is 4.79 Å². The van der Waals surface area contributed by atoms with Crippen LogP contribution in [-0.2, 0) is 6.54 Å². The molecule has 0 aliphatic carbocycles. The molecular formula is C17H21N7O. The average Bonchev–Trinajstić information content (AvgIpc) is 3.05. The third-order valence-electron chi connectivity index (χ3n) is 4.07. The van der Waals surface area contributed by atoms with Crippen LogP contribution < -0.4 is 10.2 Å². The van der Waals surface area contributed by atoms with Crippen molar-refractivity contribution >= 4 is 11.7 Å². The van der Waals surface area contributed by atoms with Gasteiger partial charge >= 0.3 is 0 Å². The highest BCUT2D eigenvalue weighted by atomic mass is 16.1. The fraction of sp³-hybridized carbons (Fsp3) is 0.412. The minimum absolute atomic E-state index is 0.205. The molecule has 3 rings (SSSR count). The first-order valence-corrected chi connectivity index (χ1v) is 8.18. The van der Waals surface area contributed by atoms with Crippen molar-refractivity contribution in [1.82, 2.24) is 30.4 Å². The van der Waals surface area contributed by atoms with Crippen molar-refractivity contribution in [2.45, 2.75) is 13.5 Å². The number of carbonyl (C=O) groups excluding carboxylic acids is 1. The van der Waals surface area contributed by atoms with Gasteiger partial charge in [-0.15, -0.1) is 6.42 Å². The number of aromatic amines is 1. The smallest absolute Gasteiger partial charge is 0.253 e. The number of hydrogen-bond donors (Lipinski definition) is 2.